The van der Waals surface area contributed by atoms with Gasteiger partial charge in [0.25, 0.3) is 5.91 Å². The van der Waals surface area contributed by atoms with E-state index in [1.807, 2.05) is 11.8 Å². The first-order chi connectivity index (χ1) is 11.0. The van der Waals surface area contributed by atoms with Crippen LogP contribution < -0.4 is 4.90 Å². The molecule has 124 valence electrons. The number of piperazine rings is 1. The summed E-state index contributed by atoms with van der Waals surface area (Å²) in [6.45, 7) is 9.37. The number of hydrogen-bond donors (Lipinski definition) is 0. The van der Waals surface area contributed by atoms with Crippen molar-refractivity contribution in [1.82, 2.24) is 19.8 Å². The molecule has 0 aromatic carbocycles. The summed E-state index contributed by atoms with van der Waals surface area (Å²) in [4.78, 5) is 28.0. The van der Waals surface area contributed by atoms with E-state index in [0.717, 1.165) is 50.8 Å². The second-order valence-corrected chi connectivity index (χ2v) is 6.51. The van der Waals surface area contributed by atoms with Crippen molar-refractivity contribution >= 4 is 11.9 Å². The van der Waals surface area contributed by atoms with Crippen LogP contribution in [0.5, 0.6) is 0 Å². The average molecular weight is 315 g/mol. The largest absolute Gasteiger partial charge is 0.338 e. The topological polar surface area (TPSA) is 52.6 Å². The van der Waals surface area contributed by atoms with Gasteiger partial charge in [0, 0.05) is 45.5 Å². The number of carbonyl (C=O) groups is 1. The number of carbonyl (C=O) groups excluding carboxylic acids is 1. The lowest BCUT2D eigenvalue weighted by Gasteiger charge is -2.32. The van der Waals surface area contributed by atoms with Gasteiger partial charge in [0.2, 0.25) is 5.95 Å². The van der Waals surface area contributed by atoms with Crippen LogP contribution in [0.15, 0.2) is 17.8 Å². The predicted octanol–water partition coefficient (Wildman–Crippen LogP) is 1.33. The van der Waals surface area contributed by atoms with Gasteiger partial charge in [-0.15, -0.1) is 0 Å². The Morgan fingerprint density at radius 3 is 2.48 bits per heavy atom. The standard InChI is InChI=1S/C17H25N5O/c1-13-4-6-21(7-5-13)16(23)15-12-18-17(19-14(15)2)22-10-8-20(3)9-11-22/h4,12H,5-11H2,1-3H3. The molecular weight excluding hydrogens is 290 g/mol. The van der Waals surface area contributed by atoms with Crippen molar-refractivity contribution in [2.24, 2.45) is 0 Å². The Morgan fingerprint density at radius 1 is 1.13 bits per heavy atom. The highest BCUT2D eigenvalue weighted by Crippen LogP contribution is 2.17. The first-order valence-electron chi connectivity index (χ1n) is 8.26. The lowest BCUT2D eigenvalue weighted by Crippen LogP contribution is -2.45. The second-order valence-electron chi connectivity index (χ2n) is 6.51. The fourth-order valence-electron chi connectivity index (χ4n) is 2.95. The highest BCUT2D eigenvalue weighted by atomic mass is 16.2. The highest BCUT2D eigenvalue weighted by molar-refractivity contribution is 5.95. The molecule has 0 N–H and O–H groups in total. The van der Waals surface area contributed by atoms with Crippen molar-refractivity contribution in [2.75, 3.05) is 51.2 Å². The van der Waals surface area contributed by atoms with Gasteiger partial charge in [0.1, 0.15) is 0 Å². The van der Waals surface area contributed by atoms with Gasteiger partial charge in [0.05, 0.1) is 11.3 Å². The summed E-state index contributed by atoms with van der Waals surface area (Å²) in [5, 5.41) is 0. The number of anilines is 1. The van der Waals surface area contributed by atoms with E-state index in [-0.39, 0.29) is 5.91 Å². The lowest BCUT2D eigenvalue weighted by molar-refractivity contribution is 0.0767. The zero-order valence-corrected chi connectivity index (χ0v) is 14.2. The van der Waals surface area contributed by atoms with Crippen LogP contribution in [0.1, 0.15) is 29.4 Å². The molecule has 6 heteroatoms. The molecule has 0 saturated carbocycles. The Bertz CT molecular complexity index is 619. The van der Waals surface area contributed by atoms with Crippen LogP contribution in [0.25, 0.3) is 0 Å². The van der Waals surface area contributed by atoms with E-state index >= 15 is 0 Å². The summed E-state index contributed by atoms with van der Waals surface area (Å²) in [6.07, 6.45) is 4.77. The molecule has 23 heavy (non-hydrogen) atoms. The minimum atomic E-state index is 0.0381. The maximum atomic E-state index is 12.7. The molecule has 2 aliphatic rings. The number of nitrogens with zero attached hydrogens (tertiary/aromatic N) is 5. The second kappa shape index (κ2) is 6.66. The van der Waals surface area contributed by atoms with Crippen LogP contribution >= 0.6 is 0 Å². The number of rotatable bonds is 2. The smallest absolute Gasteiger partial charge is 0.257 e. The van der Waals surface area contributed by atoms with E-state index in [0.29, 0.717) is 12.1 Å². The van der Waals surface area contributed by atoms with E-state index in [9.17, 15) is 4.79 Å². The van der Waals surface area contributed by atoms with Crippen molar-refractivity contribution in [3.63, 3.8) is 0 Å². The molecule has 0 radical (unpaired) electrons. The number of aromatic nitrogens is 2. The Balaban J connectivity index is 1.73. The zero-order chi connectivity index (χ0) is 16.4. The first-order valence-corrected chi connectivity index (χ1v) is 8.26. The molecule has 1 amide bonds. The minimum Gasteiger partial charge on any atom is -0.338 e. The Labute approximate surface area is 137 Å². The number of hydrogen-bond acceptors (Lipinski definition) is 5. The van der Waals surface area contributed by atoms with Gasteiger partial charge in [-0.2, -0.15) is 0 Å². The monoisotopic (exact) mass is 315 g/mol. The molecule has 3 heterocycles. The molecule has 0 atom stereocenters. The molecule has 1 saturated heterocycles. The van der Waals surface area contributed by atoms with Gasteiger partial charge >= 0.3 is 0 Å². The SMILES string of the molecule is CC1=CCN(C(=O)c2cnc(N3CCN(C)CC3)nc2C)CC1. The molecule has 3 rings (SSSR count). The van der Waals surface area contributed by atoms with Crippen molar-refractivity contribution in [3.05, 3.63) is 29.1 Å². The maximum Gasteiger partial charge on any atom is 0.257 e. The van der Waals surface area contributed by atoms with Gasteiger partial charge in [-0.25, -0.2) is 9.97 Å². The third-order valence-corrected chi connectivity index (χ3v) is 4.71. The highest BCUT2D eigenvalue weighted by Gasteiger charge is 2.22. The third kappa shape index (κ3) is 3.52. The van der Waals surface area contributed by atoms with Crippen molar-refractivity contribution in [2.45, 2.75) is 20.3 Å². The summed E-state index contributed by atoms with van der Waals surface area (Å²) in [7, 11) is 2.12. The van der Waals surface area contributed by atoms with Gasteiger partial charge in [-0.05, 0) is 27.3 Å². The quantitative estimate of drug-likeness (QED) is 0.771. The fourth-order valence-corrected chi connectivity index (χ4v) is 2.95. The van der Waals surface area contributed by atoms with Gasteiger partial charge in [0.15, 0.2) is 0 Å². The Hall–Kier alpha value is -1.95. The number of aryl methyl sites for hydroxylation is 1. The fraction of sp³-hybridized carbons (Fsp3) is 0.588. The summed E-state index contributed by atoms with van der Waals surface area (Å²) in [5.74, 6) is 0.776. The van der Waals surface area contributed by atoms with Crippen LogP contribution in [-0.2, 0) is 0 Å². The molecule has 2 aliphatic heterocycles. The van der Waals surface area contributed by atoms with Crippen LogP contribution in [0.2, 0.25) is 0 Å². The summed E-state index contributed by atoms with van der Waals surface area (Å²) in [6, 6.07) is 0. The maximum absolute atomic E-state index is 12.7. The molecule has 0 aliphatic carbocycles. The van der Waals surface area contributed by atoms with Crippen LogP contribution in [0.3, 0.4) is 0 Å². The summed E-state index contributed by atoms with van der Waals surface area (Å²) in [5.41, 5.74) is 2.74. The predicted molar refractivity (Wildman–Crippen MR) is 90.8 cm³/mol. The van der Waals surface area contributed by atoms with E-state index in [1.165, 1.54) is 5.57 Å². The van der Waals surface area contributed by atoms with Crippen LogP contribution in [0.4, 0.5) is 5.95 Å². The number of likely N-dealkylation sites (N-methyl/N-ethyl adjacent to an activating group) is 1. The number of amides is 1. The molecule has 1 aromatic heterocycles. The first kappa shape index (κ1) is 15.9. The minimum absolute atomic E-state index is 0.0381. The van der Waals surface area contributed by atoms with Gasteiger partial charge in [-0.1, -0.05) is 11.6 Å². The molecular formula is C17H25N5O. The molecule has 6 nitrogen and oxygen atoms in total. The van der Waals surface area contributed by atoms with Crippen LogP contribution in [-0.4, -0.2) is 72.0 Å². The Morgan fingerprint density at radius 2 is 1.87 bits per heavy atom. The van der Waals surface area contributed by atoms with E-state index in [2.05, 4.69) is 39.8 Å². The zero-order valence-electron chi connectivity index (χ0n) is 14.2. The molecule has 0 unspecified atom stereocenters. The van der Waals surface area contributed by atoms with Crippen LogP contribution in [0, 0.1) is 6.92 Å². The third-order valence-electron chi connectivity index (χ3n) is 4.71. The Kier molecular flexibility index (Phi) is 4.61. The lowest BCUT2D eigenvalue weighted by atomic mass is 10.1. The molecule has 1 aromatic rings. The summed E-state index contributed by atoms with van der Waals surface area (Å²) >= 11 is 0. The van der Waals surface area contributed by atoms with Crippen molar-refractivity contribution in [3.8, 4) is 0 Å². The normalized spacial score (nSPS) is 19.7. The van der Waals surface area contributed by atoms with E-state index < -0.39 is 0 Å². The van der Waals surface area contributed by atoms with Gasteiger partial charge < -0.3 is 14.7 Å². The van der Waals surface area contributed by atoms with Crippen molar-refractivity contribution in [1.29, 1.82) is 0 Å². The van der Waals surface area contributed by atoms with Crippen molar-refractivity contribution < 1.29 is 4.79 Å². The van der Waals surface area contributed by atoms with E-state index in [4.69, 9.17) is 0 Å². The van der Waals surface area contributed by atoms with Gasteiger partial charge in [-0.3, -0.25) is 4.79 Å². The molecule has 1 fully saturated rings. The molecule has 0 bridgehead atoms. The van der Waals surface area contributed by atoms with E-state index in [1.54, 1.807) is 6.20 Å². The summed E-state index contributed by atoms with van der Waals surface area (Å²) < 4.78 is 0. The average Bonchev–Trinajstić information content (AvgIpc) is 2.55. The molecule has 0 spiro atoms.